The number of hydrogen-bond donors (Lipinski definition) is 2. The van der Waals surface area contributed by atoms with Crippen molar-refractivity contribution in [3.63, 3.8) is 0 Å². The number of rotatable bonds is 3. The number of oxime groups is 1. The first-order valence-electron chi connectivity index (χ1n) is 5.62. The maximum atomic E-state index is 8.88. The van der Waals surface area contributed by atoms with Crippen molar-refractivity contribution in [1.29, 1.82) is 0 Å². The highest BCUT2D eigenvalue weighted by Gasteiger charge is 2.12. The van der Waals surface area contributed by atoms with Crippen LogP contribution in [0.5, 0.6) is 0 Å². The molecule has 19 heavy (non-hydrogen) atoms. The third-order valence-corrected chi connectivity index (χ3v) is 4.27. The lowest BCUT2D eigenvalue weighted by Crippen LogP contribution is -2.15. The molecule has 0 saturated carbocycles. The molecule has 0 heterocycles. The molecule has 0 unspecified atom stereocenters. The van der Waals surface area contributed by atoms with Crippen molar-refractivity contribution >= 4 is 33.5 Å². The summed E-state index contributed by atoms with van der Waals surface area (Å²) in [5.41, 5.74) is 7.64. The summed E-state index contributed by atoms with van der Waals surface area (Å²) in [7, 11) is 0. The van der Waals surface area contributed by atoms with Gasteiger partial charge in [0.25, 0.3) is 0 Å². The zero-order valence-electron chi connectivity index (χ0n) is 10.3. The summed E-state index contributed by atoms with van der Waals surface area (Å²) in [5.74, 6) is 0.0997. The van der Waals surface area contributed by atoms with Gasteiger partial charge < -0.3 is 10.9 Å². The summed E-state index contributed by atoms with van der Waals surface area (Å²) >= 11 is 5.02. The molecule has 2 aromatic rings. The Bertz CT molecular complexity index is 629. The Morgan fingerprint density at radius 1 is 1.26 bits per heavy atom. The Morgan fingerprint density at radius 3 is 2.68 bits per heavy atom. The standard InChI is InChI=1S/C14H13BrN2OS/c1-9-4-2-5-10(8-9)19-12-7-3-6-11(15)13(12)14(16)17-18/h2-8,18H,1H3,(H2,16,17). The fourth-order valence-electron chi connectivity index (χ4n) is 1.69. The van der Waals surface area contributed by atoms with Gasteiger partial charge in [0.1, 0.15) is 0 Å². The first kappa shape index (κ1) is 14.0. The number of nitrogens with zero attached hydrogens (tertiary/aromatic N) is 1. The van der Waals surface area contributed by atoms with E-state index >= 15 is 0 Å². The number of halogens is 1. The van der Waals surface area contributed by atoms with Crippen LogP contribution >= 0.6 is 27.7 Å². The second-order valence-corrected chi connectivity index (χ2v) is 5.99. The summed E-state index contributed by atoms with van der Waals surface area (Å²) < 4.78 is 0.806. The molecule has 3 nitrogen and oxygen atoms in total. The van der Waals surface area contributed by atoms with Crippen molar-refractivity contribution in [3.05, 3.63) is 58.1 Å². The lowest BCUT2D eigenvalue weighted by molar-refractivity contribution is 0.318. The molecule has 0 aromatic heterocycles. The lowest BCUT2D eigenvalue weighted by Gasteiger charge is -2.10. The summed E-state index contributed by atoms with van der Waals surface area (Å²) in [5, 5.41) is 12.0. The highest BCUT2D eigenvalue weighted by atomic mass is 79.9. The van der Waals surface area contributed by atoms with Crippen molar-refractivity contribution in [2.24, 2.45) is 10.9 Å². The monoisotopic (exact) mass is 336 g/mol. The maximum Gasteiger partial charge on any atom is 0.172 e. The van der Waals surface area contributed by atoms with Gasteiger partial charge in [-0.3, -0.25) is 0 Å². The Kier molecular flexibility index (Phi) is 4.50. The second kappa shape index (κ2) is 6.12. The Morgan fingerprint density at radius 2 is 2.00 bits per heavy atom. The first-order chi connectivity index (χ1) is 9.11. The average Bonchev–Trinajstić information content (AvgIpc) is 2.38. The van der Waals surface area contributed by atoms with Crippen LogP contribution in [0.25, 0.3) is 0 Å². The quantitative estimate of drug-likeness (QED) is 0.385. The Hall–Kier alpha value is -1.46. The van der Waals surface area contributed by atoms with E-state index in [0.717, 1.165) is 14.3 Å². The van der Waals surface area contributed by atoms with Gasteiger partial charge in [0.15, 0.2) is 5.84 Å². The van der Waals surface area contributed by atoms with Gasteiger partial charge >= 0.3 is 0 Å². The highest BCUT2D eigenvalue weighted by Crippen LogP contribution is 2.34. The Labute approximate surface area is 124 Å². The largest absolute Gasteiger partial charge is 0.409 e. The SMILES string of the molecule is Cc1cccc(Sc2cccc(Br)c2/C(N)=N/O)c1. The van der Waals surface area contributed by atoms with Gasteiger partial charge in [-0.2, -0.15) is 0 Å². The molecular weight excluding hydrogens is 324 g/mol. The molecule has 0 bridgehead atoms. The molecule has 3 N–H and O–H groups in total. The third kappa shape index (κ3) is 3.30. The molecule has 0 aliphatic heterocycles. The van der Waals surface area contributed by atoms with E-state index in [0.29, 0.717) is 5.56 Å². The van der Waals surface area contributed by atoms with Crippen LogP contribution in [0.1, 0.15) is 11.1 Å². The van der Waals surface area contributed by atoms with Gasteiger partial charge in [0.05, 0.1) is 0 Å². The van der Waals surface area contributed by atoms with Gasteiger partial charge in [-0.05, 0) is 47.1 Å². The second-order valence-electron chi connectivity index (χ2n) is 4.02. The molecule has 0 amide bonds. The van der Waals surface area contributed by atoms with Crippen LogP contribution in [-0.4, -0.2) is 11.0 Å². The van der Waals surface area contributed by atoms with E-state index in [9.17, 15) is 0 Å². The smallest absolute Gasteiger partial charge is 0.172 e. The minimum absolute atomic E-state index is 0.0997. The van der Waals surface area contributed by atoms with Crippen LogP contribution in [0.15, 0.2) is 61.9 Å². The van der Waals surface area contributed by atoms with Crippen molar-refractivity contribution < 1.29 is 5.21 Å². The van der Waals surface area contributed by atoms with Crippen LogP contribution in [0.3, 0.4) is 0 Å². The normalized spacial score (nSPS) is 11.6. The molecule has 0 fully saturated rings. The van der Waals surface area contributed by atoms with E-state index in [2.05, 4.69) is 40.1 Å². The third-order valence-electron chi connectivity index (χ3n) is 2.56. The van der Waals surface area contributed by atoms with E-state index in [1.54, 1.807) is 11.8 Å². The molecule has 2 rings (SSSR count). The predicted molar refractivity (Wildman–Crippen MR) is 82.0 cm³/mol. The van der Waals surface area contributed by atoms with Crippen molar-refractivity contribution in [2.75, 3.05) is 0 Å². The fourth-order valence-corrected chi connectivity index (χ4v) is 3.50. The van der Waals surface area contributed by atoms with Gasteiger partial charge in [-0.1, -0.05) is 40.7 Å². The van der Waals surface area contributed by atoms with Crippen molar-refractivity contribution in [3.8, 4) is 0 Å². The van der Waals surface area contributed by atoms with Crippen molar-refractivity contribution in [2.45, 2.75) is 16.7 Å². The first-order valence-corrected chi connectivity index (χ1v) is 7.23. The predicted octanol–water partition coefficient (Wildman–Crippen LogP) is 4.00. The molecule has 0 atom stereocenters. The Balaban J connectivity index is 2.43. The van der Waals surface area contributed by atoms with E-state index in [1.807, 2.05) is 30.3 Å². The maximum absolute atomic E-state index is 8.88. The molecule has 98 valence electrons. The van der Waals surface area contributed by atoms with E-state index < -0.39 is 0 Å². The van der Waals surface area contributed by atoms with Gasteiger partial charge in [0.2, 0.25) is 0 Å². The summed E-state index contributed by atoms with van der Waals surface area (Å²) in [6.07, 6.45) is 0. The molecule has 0 radical (unpaired) electrons. The fraction of sp³-hybridized carbons (Fsp3) is 0.0714. The molecule has 0 spiro atoms. The summed E-state index contributed by atoms with van der Waals surface area (Å²) in [6.45, 7) is 2.05. The summed E-state index contributed by atoms with van der Waals surface area (Å²) in [6, 6.07) is 13.9. The van der Waals surface area contributed by atoms with Gasteiger partial charge in [-0.15, -0.1) is 0 Å². The zero-order valence-corrected chi connectivity index (χ0v) is 12.7. The van der Waals surface area contributed by atoms with E-state index in [1.165, 1.54) is 5.56 Å². The van der Waals surface area contributed by atoms with Gasteiger partial charge in [0, 0.05) is 19.8 Å². The molecule has 2 aromatic carbocycles. The number of amidine groups is 1. The topological polar surface area (TPSA) is 58.6 Å². The molecule has 0 aliphatic rings. The number of aryl methyl sites for hydroxylation is 1. The number of nitrogens with two attached hydrogens (primary N) is 1. The average molecular weight is 337 g/mol. The van der Waals surface area contributed by atoms with E-state index in [4.69, 9.17) is 10.9 Å². The van der Waals surface area contributed by atoms with Crippen LogP contribution in [-0.2, 0) is 0 Å². The summed E-state index contributed by atoms with van der Waals surface area (Å²) in [4.78, 5) is 2.06. The molecular formula is C14H13BrN2OS. The molecule has 5 heteroatoms. The highest BCUT2D eigenvalue weighted by molar-refractivity contribution is 9.10. The zero-order chi connectivity index (χ0) is 13.8. The minimum atomic E-state index is 0.0997. The van der Waals surface area contributed by atoms with Crippen LogP contribution in [0.4, 0.5) is 0 Å². The number of hydrogen-bond acceptors (Lipinski definition) is 3. The lowest BCUT2D eigenvalue weighted by atomic mass is 10.2. The molecule has 0 aliphatic carbocycles. The molecule has 0 saturated heterocycles. The number of benzene rings is 2. The minimum Gasteiger partial charge on any atom is -0.409 e. The van der Waals surface area contributed by atoms with Crippen LogP contribution < -0.4 is 5.73 Å². The van der Waals surface area contributed by atoms with Crippen LogP contribution in [0, 0.1) is 6.92 Å². The van der Waals surface area contributed by atoms with Crippen molar-refractivity contribution in [1.82, 2.24) is 0 Å². The van der Waals surface area contributed by atoms with E-state index in [-0.39, 0.29) is 5.84 Å². The van der Waals surface area contributed by atoms with Gasteiger partial charge in [-0.25, -0.2) is 0 Å². The van der Waals surface area contributed by atoms with Crippen LogP contribution in [0.2, 0.25) is 0 Å².